The minimum atomic E-state index is -2.63. The van der Waals surface area contributed by atoms with Crippen molar-refractivity contribution in [3.63, 3.8) is 0 Å². The highest BCUT2D eigenvalue weighted by molar-refractivity contribution is 7.00. The van der Waals surface area contributed by atoms with Crippen LogP contribution < -0.4 is 14.8 Å². The molecule has 0 atom stereocenters. The average Bonchev–Trinajstić information content (AvgIpc) is 2.88. The van der Waals surface area contributed by atoms with Gasteiger partial charge in [0.2, 0.25) is 0 Å². The lowest BCUT2D eigenvalue weighted by molar-refractivity contribution is -0.137. The standard InChI is InChI=1S/C32H38O3Si/c1-5-34-31(33)24-25-16-18-26(19-17-25)27-20-22-28(23-21-27)35-36(32(2,3)4,29-12-8-6-9-13-29)30-14-10-7-11-15-30/h6-15,20-24,26H,5,16-19H2,1-4H3. The monoisotopic (exact) mass is 498 g/mol. The van der Waals surface area contributed by atoms with E-state index >= 15 is 0 Å². The summed E-state index contributed by atoms with van der Waals surface area (Å²) in [4.78, 5) is 11.8. The molecule has 0 aliphatic heterocycles. The van der Waals surface area contributed by atoms with Gasteiger partial charge in [0, 0.05) is 6.08 Å². The van der Waals surface area contributed by atoms with Crippen molar-refractivity contribution in [1.82, 2.24) is 0 Å². The van der Waals surface area contributed by atoms with Crippen molar-refractivity contribution < 1.29 is 14.0 Å². The second-order valence-electron chi connectivity index (χ2n) is 10.7. The topological polar surface area (TPSA) is 35.5 Å². The van der Waals surface area contributed by atoms with E-state index in [9.17, 15) is 4.79 Å². The highest BCUT2D eigenvalue weighted by atomic mass is 28.4. The molecule has 0 unspecified atom stereocenters. The second-order valence-corrected chi connectivity index (χ2v) is 14.9. The van der Waals surface area contributed by atoms with Gasteiger partial charge in [0.15, 0.2) is 0 Å². The molecule has 36 heavy (non-hydrogen) atoms. The summed E-state index contributed by atoms with van der Waals surface area (Å²) in [6, 6.07) is 30.3. The first kappa shape index (κ1) is 26.0. The van der Waals surface area contributed by atoms with Gasteiger partial charge < -0.3 is 9.16 Å². The van der Waals surface area contributed by atoms with Gasteiger partial charge in [0.05, 0.1) is 6.61 Å². The molecule has 188 valence electrons. The number of hydrogen-bond donors (Lipinski definition) is 0. The fourth-order valence-corrected chi connectivity index (χ4v) is 9.87. The van der Waals surface area contributed by atoms with E-state index in [0.717, 1.165) is 31.4 Å². The molecule has 1 aliphatic rings. The van der Waals surface area contributed by atoms with E-state index in [2.05, 4.69) is 106 Å². The van der Waals surface area contributed by atoms with Crippen molar-refractivity contribution in [3.8, 4) is 5.75 Å². The van der Waals surface area contributed by atoms with E-state index in [4.69, 9.17) is 9.16 Å². The molecular weight excluding hydrogens is 460 g/mol. The van der Waals surface area contributed by atoms with Crippen molar-refractivity contribution in [3.05, 3.63) is 102 Å². The van der Waals surface area contributed by atoms with Gasteiger partial charge in [-0.05, 0) is 71.6 Å². The maximum atomic E-state index is 11.8. The van der Waals surface area contributed by atoms with Gasteiger partial charge in [-0.1, -0.05) is 99.1 Å². The van der Waals surface area contributed by atoms with E-state index in [1.165, 1.54) is 21.5 Å². The molecule has 1 fully saturated rings. The van der Waals surface area contributed by atoms with E-state index in [1.807, 2.05) is 6.92 Å². The van der Waals surface area contributed by atoms with E-state index in [-0.39, 0.29) is 11.0 Å². The molecule has 4 rings (SSSR count). The third-order valence-corrected chi connectivity index (χ3v) is 12.2. The van der Waals surface area contributed by atoms with Gasteiger partial charge in [0.1, 0.15) is 5.75 Å². The molecule has 0 radical (unpaired) electrons. The van der Waals surface area contributed by atoms with Crippen molar-refractivity contribution in [1.29, 1.82) is 0 Å². The Morgan fingerprint density at radius 3 is 1.86 bits per heavy atom. The number of benzene rings is 3. The Hall–Kier alpha value is -3.11. The molecule has 0 saturated heterocycles. The fourth-order valence-electron chi connectivity index (χ4n) is 5.45. The zero-order chi connectivity index (χ0) is 25.6. The third-order valence-electron chi connectivity index (χ3n) is 7.28. The van der Waals surface area contributed by atoms with Gasteiger partial charge in [0.25, 0.3) is 0 Å². The Morgan fingerprint density at radius 2 is 1.39 bits per heavy atom. The molecule has 0 amide bonds. The molecule has 0 bridgehead atoms. The minimum absolute atomic E-state index is 0.0700. The third kappa shape index (κ3) is 5.65. The molecule has 1 saturated carbocycles. The number of rotatable bonds is 7. The smallest absolute Gasteiger partial charge is 0.330 e. The van der Waals surface area contributed by atoms with Crippen LogP contribution in [0.4, 0.5) is 0 Å². The average molecular weight is 499 g/mol. The summed E-state index contributed by atoms with van der Waals surface area (Å²) in [5.74, 6) is 1.22. The summed E-state index contributed by atoms with van der Waals surface area (Å²) in [6.07, 6.45) is 5.70. The van der Waals surface area contributed by atoms with Gasteiger partial charge >= 0.3 is 14.3 Å². The van der Waals surface area contributed by atoms with Crippen LogP contribution >= 0.6 is 0 Å². The minimum Gasteiger partial charge on any atom is -0.534 e. The van der Waals surface area contributed by atoms with Gasteiger partial charge in [-0.2, -0.15) is 0 Å². The Kier molecular flexibility index (Phi) is 8.15. The summed E-state index contributed by atoms with van der Waals surface area (Å²) in [7, 11) is -2.63. The largest absolute Gasteiger partial charge is 0.534 e. The van der Waals surface area contributed by atoms with Crippen LogP contribution in [0.2, 0.25) is 5.04 Å². The Bertz CT molecular complexity index is 1110. The number of esters is 1. The summed E-state index contributed by atoms with van der Waals surface area (Å²) in [6.45, 7) is 9.17. The highest BCUT2D eigenvalue weighted by Crippen LogP contribution is 2.39. The molecule has 0 heterocycles. The maximum absolute atomic E-state index is 11.8. The van der Waals surface area contributed by atoms with Gasteiger partial charge in [-0.3, -0.25) is 0 Å². The maximum Gasteiger partial charge on any atom is 0.330 e. The number of carbonyl (C=O) groups is 1. The van der Waals surface area contributed by atoms with Gasteiger partial charge in [-0.15, -0.1) is 0 Å². The predicted octanol–water partition coefficient (Wildman–Crippen LogP) is 6.77. The van der Waals surface area contributed by atoms with Gasteiger partial charge in [-0.25, -0.2) is 4.79 Å². The van der Waals surface area contributed by atoms with Crippen molar-refractivity contribution in [2.24, 2.45) is 0 Å². The zero-order valence-corrected chi connectivity index (χ0v) is 23.0. The van der Waals surface area contributed by atoms with Crippen LogP contribution in [0.1, 0.15) is 64.9 Å². The first-order chi connectivity index (χ1) is 17.3. The second kappa shape index (κ2) is 11.3. The summed E-state index contributed by atoms with van der Waals surface area (Å²) in [5, 5.41) is 2.49. The summed E-state index contributed by atoms with van der Waals surface area (Å²) >= 11 is 0. The lowest BCUT2D eigenvalue weighted by atomic mass is 9.81. The highest BCUT2D eigenvalue weighted by Gasteiger charge is 2.52. The van der Waals surface area contributed by atoms with Crippen molar-refractivity contribution >= 4 is 24.7 Å². The molecule has 3 nitrogen and oxygen atoms in total. The Labute approximate surface area is 217 Å². The molecular formula is C32H38O3Si. The fraction of sp³-hybridized carbons (Fsp3) is 0.344. The zero-order valence-electron chi connectivity index (χ0n) is 22.0. The molecule has 4 heteroatoms. The summed E-state index contributed by atoms with van der Waals surface area (Å²) in [5.41, 5.74) is 2.55. The van der Waals surface area contributed by atoms with E-state index in [1.54, 1.807) is 6.08 Å². The molecule has 0 N–H and O–H groups in total. The van der Waals surface area contributed by atoms with E-state index < -0.39 is 8.32 Å². The summed E-state index contributed by atoms with van der Waals surface area (Å²) < 4.78 is 12.2. The molecule has 1 aliphatic carbocycles. The molecule has 0 aromatic heterocycles. The Morgan fingerprint density at radius 1 is 0.861 bits per heavy atom. The number of ether oxygens (including phenoxy) is 1. The lowest BCUT2D eigenvalue weighted by Gasteiger charge is -2.43. The first-order valence-electron chi connectivity index (χ1n) is 13.1. The van der Waals surface area contributed by atoms with Crippen molar-refractivity contribution in [2.45, 2.75) is 64.3 Å². The molecule has 3 aromatic carbocycles. The molecule has 0 spiro atoms. The van der Waals surface area contributed by atoms with Crippen LogP contribution in [0, 0.1) is 0 Å². The van der Waals surface area contributed by atoms with Crippen LogP contribution in [0.3, 0.4) is 0 Å². The van der Waals surface area contributed by atoms with Crippen LogP contribution in [0.25, 0.3) is 0 Å². The van der Waals surface area contributed by atoms with E-state index in [0.29, 0.717) is 12.5 Å². The first-order valence-corrected chi connectivity index (χ1v) is 15.0. The quantitative estimate of drug-likeness (QED) is 0.205. The van der Waals surface area contributed by atoms with Crippen LogP contribution in [0.5, 0.6) is 5.75 Å². The van der Waals surface area contributed by atoms with Crippen molar-refractivity contribution in [2.75, 3.05) is 6.61 Å². The SMILES string of the molecule is CCOC(=O)C=C1CCC(c2ccc(O[Si](c3ccccc3)(c3ccccc3)C(C)(C)C)cc2)CC1. The van der Waals surface area contributed by atoms with Crippen LogP contribution in [0.15, 0.2) is 96.6 Å². The van der Waals surface area contributed by atoms with Crippen LogP contribution in [-0.2, 0) is 9.53 Å². The predicted molar refractivity (Wildman–Crippen MR) is 151 cm³/mol. The molecule has 3 aromatic rings. The number of allylic oxidation sites excluding steroid dienone is 1. The van der Waals surface area contributed by atoms with Crippen LogP contribution in [-0.4, -0.2) is 20.9 Å². The lowest BCUT2D eigenvalue weighted by Crippen LogP contribution is -2.68. The normalized spacial score (nSPS) is 16.3. The number of carbonyl (C=O) groups excluding carboxylic acids is 1. The number of hydrogen-bond acceptors (Lipinski definition) is 3. The Balaban J connectivity index is 1.58.